The van der Waals surface area contributed by atoms with Crippen LogP contribution in [-0.2, 0) is 13.0 Å². The maximum atomic E-state index is 4.83. The Hall–Kier alpha value is -0.610. The molecule has 102 valence electrons. The van der Waals surface area contributed by atoms with Gasteiger partial charge in [0.2, 0.25) is 0 Å². The molecule has 0 spiro atoms. The first-order chi connectivity index (χ1) is 8.78. The van der Waals surface area contributed by atoms with Crippen LogP contribution in [0.25, 0.3) is 0 Å². The molecule has 1 aliphatic carbocycles. The molecule has 18 heavy (non-hydrogen) atoms. The van der Waals surface area contributed by atoms with Crippen LogP contribution in [0.1, 0.15) is 43.7 Å². The maximum absolute atomic E-state index is 4.83. The molecule has 0 bridgehead atoms. The highest BCUT2D eigenvalue weighted by Crippen LogP contribution is 2.32. The van der Waals surface area contributed by atoms with Crippen LogP contribution in [0, 0.1) is 5.92 Å². The van der Waals surface area contributed by atoms with Crippen LogP contribution in [0.15, 0.2) is 0 Å². The summed E-state index contributed by atoms with van der Waals surface area (Å²) in [5.41, 5.74) is 1.27. The van der Waals surface area contributed by atoms with E-state index in [9.17, 15) is 0 Å². The van der Waals surface area contributed by atoms with Crippen molar-refractivity contribution in [2.45, 2.75) is 46.1 Å². The SMILES string of the molecule is CCc1nc(N(CC)CC2CCC2)sc1CNC. The lowest BCUT2D eigenvalue weighted by molar-refractivity contribution is 0.318. The number of nitrogens with one attached hydrogen (secondary N) is 1. The van der Waals surface area contributed by atoms with Gasteiger partial charge in [0.25, 0.3) is 0 Å². The summed E-state index contributed by atoms with van der Waals surface area (Å²) in [5, 5.41) is 4.47. The van der Waals surface area contributed by atoms with Crippen LogP contribution < -0.4 is 10.2 Å². The normalized spacial score (nSPS) is 15.7. The maximum Gasteiger partial charge on any atom is 0.185 e. The molecule has 1 heterocycles. The molecule has 0 unspecified atom stereocenters. The Morgan fingerprint density at radius 2 is 2.17 bits per heavy atom. The van der Waals surface area contributed by atoms with E-state index in [0.29, 0.717) is 0 Å². The van der Waals surface area contributed by atoms with E-state index in [0.717, 1.165) is 25.4 Å². The molecule has 1 aromatic rings. The predicted octanol–water partition coefficient (Wildman–Crippen LogP) is 3.05. The zero-order chi connectivity index (χ0) is 13.0. The van der Waals surface area contributed by atoms with E-state index in [1.54, 1.807) is 0 Å². The van der Waals surface area contributed by atoms with Crippen LogP contribution in [0.5, 0.6) is 0 Å². The van der Waals surface area contributed by atoms with Crippen LogP contribution in [-0.4, -0.2) is 25.1 Å². The summed E-state index contributed by atoms with van der Waals surface area (Å²) in [5.74, 6) is 0.909. The van der Waals surface area contributed by atoms with Crippen molar-refractivity contribution in [2.75, 3.05) is 25.0 Å². The Balaban J connectivity index is 2.08. The summed E-state index contributed by atoms with van der Waals surface area (Å²) in [4.78, 5) is 8.70. The third-order valence-corrected chi connectivity index (χ3v) is 4.95. The molecule has 3 nitrogen and oxygen atoms in total. The molecule has 0 radical (unpaired) electrons. The van der Waals surface area contributed by atoms with Crippen LogP contribution in [0.2, 0.25) is 0 Å². The van der Waals surface area contributed by atoms with Gasteiger partial charge >= 0.3 is 0 Å². The van der Waals surface area contributed by atoms with Crippen molar-refractivity contribution in [3.63, 3.8) is 0 Å². The van der Waals surface area contributed by atoms with Gasteiger partial charge in [-0.25, -0.2) is 4.98 Å². The Labute approximate surface area is 115 Å². The zero-order valence-corrected chi connectivity index (χ0v) is 12.6. The molecule has 0 aromatic carbocycles. The van der Waals surface area contributed by atoms with E-state index >= 15 is 0 Å². The smallest absolute Gasteiger partial charge is 0.185 e. The van der Waals surface area contributed by atoms with Gasteiger partial charge in [-0.05, 0) is 39.2 Å². The minimum Gasteiger partial charge on any atom is -0.348 e. The molecule has 0 atom stereocenters. The Morgan fingerprint density at radius 3 is 2.67 bits per heavy atom. The fourth-order valence-corrected chi connectivity index (χ4v) is 3.64. The van der Waals surface area contributed by atoms with Crippen LogP contribution in [0.3, 0.4) is 0 Å². The van der Waals surface area contributed by atoms with Gasteiger partial charge in [0, 0.05) is 24.5 Å². The minimum absolute atomic E-state index is 0.909. The number of nitrogens with zero attached hydrogens (tertiary/aromatic N) is 2. The van der Waals surface area contributed by atoms with Gasteiger partial charge in [-0.2, -0.15) is 0 Å². The summed E-state index contributed by atoms with van der Waals surface area (Å²) < 4.78 is 0. The van der Waals surface area contributed by atoms with Gasteiger partial charge in [-0.3, -0.25) is 0 Å². The molecule has 0 aliphatic heterocycles. The van der Waals surface area contributed by atoms with Gasteiger partial charge in [0.1, 0.15) is 0 Å². The average Bonchev–Trinajstić information content (AvgIpc) is 2.71. The Morgan fingerprint density at radius 1 is 1.39 bits per heavy atom. The van der Waals surface area contributed by atoms with E-state index in [2.05, 4.69) is 24.1 Å². The second kappa shape index (κ2) is 6.53. The van der Waals surface area contributed by atoms with Gasteiger partial charge in [0.05, 0.1) is 5.69 Å². The molecule has 1 aromatic heterocycles. The van der Waals surface area contributed by atoms with E-state index in [1.165, 1.54) is 41.5 Å². The molecule has 0 amide bonds. The Kier molecular flexibility index (Phi) is 5.01. The number of aryl methyl sites for hydroxylation is 1. The highest BCUT2D eigenvalue weighted by atomic mass is 32.1. The van der Waals surface area contributed by atoms with Gasteiger partial charge in [-0.15, -0.1) is 11.3 Å². The van der Waals surface area contributed by atoms with Crippen molar-refractivity contribution < 1.29 is 0 Å². The lowest BCUT2D eigenvalue weighted by Gasteiger charge is -2.31. The third-order valence-electron chi connectivity index (χ3n) is 3.79. The fourth-order valence-electron chi connectivity index (χ4n) is 2.41. The van der Waals surface area contributed by atoms with Crippen molar-refractivity contribution in [2.24, 2.45) is 5.92 Å². The van der Waals surface area contributed by atoms with Gasteiger partial charge in [0.15, 0.2) is 5.13 Å². The van der Waals surface area contributed by atoms with Gasteiger partial charge in [-0.1, -0.05) is 13.3 Å². The average molecular weight is 267 g/mol. The number of rotatable bonds is 7. The first-order valence-corrected chi connectivity index (χ1v) is 7.98. The highest BCUT2D eigenvalue weighted by molar-refractivity contribution is 7.15. The third kappa shape index (κ3) is 3.04. The molecule has 2 rings (SSSR count). The number of hydrogen-bond donors (Lipinski definition) is 1. The summed E-state index contributed by atoms with van der Waals surface area (Å²) in [6, 6.07) is 0. The number of hydrogen-bond acceptors (Lipinski definition) is 4. The highest BCUT2D eigenvalue weighted by Gasteiger charge is 2.22. The van der Waals surface area contributed by atoms with Crippen molar-refractivity contribution in [1.29, 1.82) is 0 Å². The largest absolute Gasteiger partial charge is 0.348 e. The quantitative estimate of drug-likeness (QED) is 0.823. The lowest BCUT2D eigenvalue weighted by atomic mass is 9.85. The topological polar surface area (TPSA) is 28.2 Å². The fraction of sp³-hybridized carbons (Fsp3) is 0.786. The van der Waals surface area contributed by atoms with E-state index in [1.807, 2.05) is 18.4 Å². The second-order valence-corrected chi connectivity index (χ2v) is 6.15. The first kappa shape index (κ1) is 13.8. The van der Waals surface area contributed by atoms with Crippen molar-refractivity contribution in [1.82, 2.24) is 10.3 Å². The van der Waals surface area contributed by atoms with Crippen LogP contribution in [0.4, 0.5) is 5.13 Å². The number of aromatic nitrogens is 1. The van der Waals surface area contributed by atoms with E-state index in [4.69, 9.17) is 4.98 Å². The summed E-state index contributed by atoms with van der Waals surface area (Å²) in [7, 11) is 2.00. The molecular weight excluding hydrogens is 242 g/mol. The molecule has 1 aliphatic rings. The second-order valence-electron chi connectivity index (χ2n) is 5.09. The van der Waals surface area contributed by atoms with Crippen LogP contribution >= 0.6 is 11.3 Å². The number of thiazole rings is 1. The first-order valence-electron chi connectivity index (χ1n) is 7.16. The summed E-state index contributed by atoms with van der Waals surface area (Å²) in [6.07, 6.45) is 5.28. The molecule has 4 heteroatoms. The molecule has 1 fully saturated rings. The standard InChI is InChI=1S/C14H25N3S/c1-4-12-13(9-15-3)18-14(16-12)17(5-2)10-11-7-6-8-11/h11,15H,4-10H2,1-3H3. The molecule has 1 N–H and O–H groups in total. The monoisotopic (exact) mass is 267 g/mol. The number of anilines is 1. The van der Waals surface area contributed by atoms with Gasteiger partial charge < -0.3 is 10.2 Å². The minimum atomic E-state index is 0.909. The summed E-state index contributed by atoms with van der Waals surface area (Å²) >= 11 is 1.87. The summed E-state index contributed by atoms with van der Waals surface area (Å²) in [6.45, 7) is 7.66. The molecule has 1 saturated carbocycles. The van der Waals surface area contributed by atoms with Crippen molar-refractivity contribution >= 4 is 16.5 Å². The lowest BCUT2D eigenvalue weighted by Crippen LogP contribution is -2.32. The zero-order valence-electron chi connectivity index (χ0n) is 11.8. The van der Waals surface area contributed by atoms with E-state index < -0.39 is 0 Å². The van der Waals surface area contributed by atoms with Crippen molar-refractivity contribution in [3.05, 3.63) is 10.6 Å². The predicted molar refractivity (Wildman–Crippen MR) is 79.5 cm³/mol. The van der Waals surface area contributed by atoms with Crippen molar-refractivity contribution in [3.8, 4) is 0 Å². The Bertz CT molecular complexity index is 371. The molecule has 0 saturated heterocycles. The van der Waals surface area contributed by atoms with E-state index in [-0.39, 0.29) is 0 Å². The molecular formula is C14H25N3S.